The maximum absolute atomic E-state index is 11.2. The van der Waals surface area contributed by atoms with Crippen LogP contribution in [0.1, 0.15) is 15.9 Å². The van der Waals surface area contributed by atoms with Gasteiger partial charge in [-0.1, -0.05) is 18.2 Å². The molecule has 0 aliphatic rings. The standard InChI is InChI=1S/C15H13ClO3/c1-18-14-8-7-11(15(16)17)9-12(14)10-19-13-5-3-2-4-6-13/h2-9H,10H2,1H3. The lowest BCUT2D eigenvalue weighted by Gasteiger charge is -2.11. The minimum absolute atomic E-state index is 0.311. The quantitative estimate of drug-likeness (QED) is 0.782. The van der Waals surface area contributed by atoms with Gasteiger partial charge < -0.3 is 9.47 Å². The van der Waals surface area contributed by atoms with Gasteiger partial charge in [0.2, 0.25) is 0 Å². The van der Waals surface area contributed by atoms with Gasteiger partial charge in [-0.3, -0.25) is 4.79 Å². The summed E-state index contributed by atoms with van der Waals surface area (Å²) >= 11 is 5.47. The number of para-hydroxylation sites is 1. The number of carbonyl (C=O) groups excluding carboxylic acids is 1. The van der Waals surface area contributed by atoms with Crippen LogP contribution in [-0.4, -0.2) is 12.4 Å². The molecule has 0 bridgehead atoms. The molecule has 4 heteroatoms. The zero-order chi connectivity index (χ0) is 13.7. The summed E-state index contributed by atoms with van der Waals surface area (Å²) in [6.45, 7) is 0.311. The van der Waals surface area contributed by atoms with Gasteiger partial charge >= 0.3 is 0 Å². The molecule has 0 unspecified atom stereocenters. The number of hydrogen-bond donors (Lipinski definition) is 0. The molecule has 0 atom stereocenters. The van der Waals surface area contributed by atoms with Crippen molar-refractivity contribution in [3.05, 3.63) is 59.7 Å². The number of ether oxygens (including phenoxy) is 2. The SMILES string of the molecule is COc1ccc(C(=O)Cl)cc1COc1ccccc1. The van der Waals surface area contributed by atoms with E-state index in [1.807, 2.05) is 30.3 Å². The molecule has 19 heavy (non-hydrogen) atoms. The third-order valence-electron chi connectivity index (χ3n) is 2.64. The predicted molar refractivity (Wildman–Crippen MR) is 74.0 cm³/mol. The fourth-order valence-electron chi connectivity index (χ4n) is 1.69. The summed E-state index contributed by atoms with van der Waals surface area (Å²) in [7, 11) is 1.57. The van der Waals surface area contributed by atoms with Gasteiger partial charge in [0.15, 0.2) is 0 Å². The molecule has 0 fully saturated rings. The predicted octanol–water partition coefficient (Wildman–Crippen LogP) is 3.65. The third-order valence-corrected chi connectivity index (χ3v) is 2.86. The average Bonchev–Trinajstić information content (AvgIpc) is 2.45. The molecule has 0 heterocycles. The summed E-state index contributed by atoms with van der Waals surface area (Å²) < 4.78 is 10.9. The van der Waals surface area contributed by atoms with Gasteiger partial charge in [0.1, 0.15) is 18.1 Å². The van der Waals surface area contributed by atoms with Gasteiger partial charge in [-0.25, -0.2) is 0 Å². The summed E-state index contributed by atoms with van der Waals surface area (Å²) in [4.78, 5) is 11.2. The van der Waals surface area contributed by atoms with Crippen molar-refractivity contribution in [1.29, 1.82) is 0 Å². The molecule has 2 rings (SSSR count). The average molecular weight is 277 g/mol. The van der Waals surface area contributed by atoms with Crippen molar-refractivity contribution >= 4 is 16.8 Å². The van der Waals surface area contributed by atoms with Crippen molar-refractivity contribution in [1.82, 2.24) is 0 Å². The van der Waals surface area contributed by atoms with Gasteiger partial charge in [-0.2, -0.15) is 0 Å². The number of methoxy groups -OCH3 is 1. The highest BCUT2D eigenvalue weighted by Gasteiger charge is 2.09. The van der Waals surface area contributed by atoms with Gasteiger partial charge in [-0.05, 0) is 41.9 Å². The van der Waals surface area contributed by atoms with Crippen LogP contribution < -0.4 is 9.47 Å². The highest BCUT2D eigenvalue weighted by Crippen LogP contribution is 2.22. The van der Waals surface area contributed by atoms with Gasteiger partial charge in [0.05, 0.1) is 7.11 Å². The highest BCUT2D eigenvalue weighted by atomic mass is 35.5. The molecule has 0 aliphatic carbocycles. The lowest BCUT2D eigenvalue weighted by Crippen LogP contribution is -2.01. The van der Waals surface area contributed by atoms with E-state index in [-0.39, 0.29) is 0 Å². The molecular weight excluding hydrogens is 264 g/mol. The van der Waals surface area contributed by atoms with Crippen molar-refractivity contribution in [2.24, 2.45) is 0 Å². The van der Waals surface area contributed by atoms with E-state index in [2.05, 4.69) is 0 Å². The van der Waals surface area contributed by atoms with Crippen molar-refractivity contribution < 1.29 is 14.3 Å². The Hall–Kier alpha value is -2.00. The Morgan fingerprint density at radius 1 is 1.16 bits per heavy atom. The number of benzene rings is 2. The molecule has 0 aliphatic heterocycles. The lowest BCUT2D eigenvalue weighted by molar-refractivity contribution is 0.108. The minimum atomic E-state index is -0.497. The zero-order valence-electron chi connectivity index (χ0n) is 10.4. The normalized spacial score (nSPS) is 10.0. The second-order valence-electron chi connectivity index (χ2n) is 3.90. The zero-order valence-corrected chi connectivity index (χ0v) is 11.2. The molecule has 0 radical (unpaired) electrons. The number of hydrogen-bond acceptors (Lipinski definition) is 3. The van der Waals surface area contributed by atoms with E-state index in [1.165, 1.54) is 0 Å². The Balaban J connectivity index is 2.18. The van der Waals surface area contributed by atoms with E-state index in [4.69, 9.17) is 21.1 Å². The first-order valence-corrected chi connectivity index (χ1v) is 6.13. The van der Waals surface area contributed by atoms with Crippen LogP contribution in [0.2, 0.25) is 0 Å². The fourth-order valence-corrected chi connectivity index (χ4v) is 1.81. The number of halogens is 1. The molecule has 2 aromatic rings. The van der Waals surface area contributed by atoms with E-state index < -0.39 is 5.24 Å². The van der Waals surface area contributed by atoms with Crippen LogP contribution in [-0.2, 0) is 6.61 Å². The maximum Gasteiger partial charge on any atom is 0.252 e. The first kappa shape index (κ1) is 13.4. The Morgan fingerprint density at radius 2 is 1.89 bits per heavy atom. The second-order valence-corrected chi connectivity index (χ2v) is 4.25. The highest BCUT2D eigenvalue weighted by molar-refractivity contribution is 6.67. The summed E-state index contributed by atoms with van der Waals surface area (Å²) in [6.07, 6.45) is 0. The molecular formula is C15H13ClO3. The molecule has 0 N–H and O–H groups in total. The first-order valence-electron chi connectivity index (χ1n) is 5.75. The van der Waals surface area contributed by atoms with Crippen molar-refractivity contribution in [3.8, 4) is 11.5 Å². The molecule has 98 valence electrons. The third kappa shape index (κ3) is 3.48. The summed E-state index contributed by atoms with van der Waals surface area (Å²) in [6, 6.07) is 14.4. The van der Waals surface area contributed by atoms with Crippen LogP contribution in [0.25, 0.3) is 0 Å². The Bertz CT molecular complexity index is 567. The van der Waals surface area contributed by atoms with Gasteiger partial charge in [0, 0.05) is 11.1 Å². The van der Waals surface area contributed by atoms with E-state index in [0.717, 1.165) is 11.3 Å². The lowest BCUT2D eigenvalue weighted by atomic mass is 10.1. The van der Waals surface area contributed by atoms with Crippen LogP contribution in [0.15, 0.2) is 48.5 Å². The molecule has 0 amide bonds. The molecule has 0 saturated heterocycles. The van der Waals surface area contributed by atoms with Crippen LogP contribution in [0.5, 0.6) is 11.5 Å². The van der Waals surface area contributed by atoms with E-state index in [1.54, 1.807) is 25.3 Å². The van der Waals surface area contributed by atoms with Crippen molar-refractivity contribution in [2.45, 2.75) is 6.61 Å². The van der Waals surface area contributed by atoms with Gasteiger partial charge in [0.25, 0.3) is 5.24 Å². The number of carbonyl (C=O) groups is 1. The fraction of sp³-hybridized carbons (Fsp3) is 0.133. The van der Waals surface area contributed by atoms with Crippen LogP contribution in [0, 0.1) is 0 Å². The first-order chi connectivity index (χ1) is 9.20. The van der Waals surface area contributed by atoms with E-state index in [0.29, 0.717) is 17.9 Å². The van der Waals surface area contributed by atoms with Crippen molar-refractivity contribution in [2.75, 3.05) is 7.11 Å². The van der Waals surface area contributed by atoms with Gasteiger partial charge in [-0.15, -0.1) is 0 Å². The van der Waals surface area contributed by atoms with Crippen LogP contribution in [0.4, 0.5) is 0 Å². The summed E-state index contributed by atoms with van der Waals surface area (Å²) in [5, 5.41) is -0.497. The minimum Gasteiger partial charge on any atom is -0.496 e. The second kappa shape index (κ2) is 6.25. The van der Waals surface area contributed by atoms with Crippen LogP contribution in [0.3, 0.4) is 0 Å². The smallest absolute Gasteiger partial charge is 0.252 e. The van der Waals surface area contributed by atoms with E-state index in [9.17, 15) is 4.79 Å². The largest absolute Gasteiger partial charge is 0.496 e. The molecule has 0 aromatic heterocycles. The topological polar surface area (TPSA) is 35.5 Å². The summed E-state index contributed by atoms with van der Waals surface area (Å²) in [5.74, 6) is 1.42. The molecule has 0 spiro atoms. The summed E-state index contributed by atoms with van der Waals surface area (Å²) in [5.41, 5.74) is 1.20. The maximum atomic E-state index is 11.2. The molecule has 0 saturated carbocycles. The van der Waals surface area contributed by atoms with Crippen LogP contribution >= 0.6 is 11.6 Å². The molecule has 3 nitrogen and oxygen atoms in total. The Morgan fingerprint density at radius 3 is 2.53 bits per heavy atom. The monoisotopic (exact) mass is 276 g/mol. The Kier molecular flexibility index (Phi) is 4.42. The van der Waals surface area contributed by atoms with E-state index >= 15 is 0 Å². The molecule has 2 aromatic carbocycles. The van der Waals surface area contributed by atoms with Crippen molar-refractivity contribution in [3.63, 3.8) is 0 Å². The Labute approximate surface area is 116 Å². The number of rotatable bonds is 5.